The Morgan fingerprint density at radius 1 is 1.57 bits per heavy atom. The number of ketones is 1. The van der Waals surface area contributed by atoms with E-state index in [9.17, 15) is 9.18 Å². The number of pyridine rings is 1. The minimum atomic E-state index is -0.527. The third-order valence-electron chi connectivity index (χ3n) is 2.02. The van der Waals surface area contributed by atoms with E-state index in [0.717, 1.165) is 12.6 Å². The molecule has 0 N–H and O–H groups in total. The second-order valence-corrected chi connectivity index (χ2v) is 3.71. The highest BCUT2D eigenvalue weighted by atomic mass is 19.1. The van der Waals surface area contributed by atoms with Crippen molar-refractivity contribution in [3.8, 4) is 0 Å². The second kappa shape index (κ2) is 4.84. The van der Waals surface area contributed by atoms with Gasteiger partial charge >= 0.3 is 0 Å². The van der Waals surface area contributed by atoms with E-state index in [1.165, 1.54) is 12.3 Å². The fraction of sp³-hybridized carbons (Fsp3) is 0.455. The van der Waals surface area contributed by atoms with Gasteiger partial charge in [0.1, 0.15) is 0 Å². The molecule has 3 heteroatoms. The summed E-state index contributed by atoms with van der Waals surface area (Å²) in [7, 11) is 0. The lowest BCUT2D eigenvalue weighted by Gasteiger charge is -2.04. The van der Waals surface area contributed by atoms with Gasteiger partial charge in [-0.1, -0.05) is 13.8 Å². The Kier molecular flexibility index (Phi) is 3.74. The van der Waals surface area contributed by atoms with E-state index < -0.39 is 5.82 Å². The van der Waals surface area contributed by atoms with Crippen LogP contribution in [0.15, 0.2) is 18.5 Å². The first-order chi connectivity index (χ1) is 6.61. The molecule has 0 aliphatic carbocycles. The van der Waals surface area contributed by atoms with Crippen molar-refractivity contribution in [1.29, 1.82) is 0 Å². The Hall–Kier alpha value is -1.25. The lowest BCUT2D eigenvalue weighted by molar-refractivity contribution is 0.0971. The van der Waals surface area contributed by atoms with E-state index >= 15 is 0 Å². The molecule has 0 unspecified atom stereocenters. The first-order valence-electron chi connectivity index (χ1n) is 4.74. The maximum atomic E-state index is 13.1. The van der Waals surface area contributed by atoms with Gasteiger partial charge in [-0.3, -0.25) is 9.78 Å². The number of carbonyl (C=O) groups is 1. The molecule has 0 aliphatic heterocycles. The highest BCUT2D eigenvalue weighted by Gasteiger charge is 2.11. The van der Waals surface area contributed by atoms with E-state index in [-0.39, 0.29) is 11.3 Å². The predicted octanol–water partition coefficient (Wildman–Crippen LogP) is 2.84. The van der Waals surface area contributed by atoms with Crippen molar-refractivity contribution in [2.45, 2.75) is 26.7 Å². The molecule has 0 amide bonds. The van der Waals surface area contributed by atoms with Crippen LogP contribution in [0.1, 0.15) is 37.0 Å². The quantitative estimate of drug-likeness (QED) is 0.691. The number of hydrogen-bond donors (Lipinski definition) is 0. The van der Waals surface area contributed by atoms with Crippen LogP contribution in [0.5, 0.6) is 0 Å². The summed E-state index contributed by atoms with van der Waals surface area (Å²) >= 11 is 0. The van der Waals surface area contributed by atoms with Gasteiger partial charge in [0.25, 0.3) is 0 Å². The Morgan fingerprint density at radius 2 is 2.29 bits per heavy atom. The van der Waals surface area contributed by atoms with E-state index in [2.05, 4.69) is 4.98 Å². The van der Waals surface area contributed by atoms with Gasteiger partial charge in [0.05, 0.1) is 11.8 Å². The van der Waals surface area contributed by atoms with Crippen LogP contribution in [-0.4, -0.2) is 10.8 Å². The fourth-order valence-electron chi connectivity index (χ4n) is 1.16. The van der Waals surface area contributed by atoms with Crippen molar-refractivity contribution in [3.63, 3.8) is 0 Å². The predicted molar refractivity (Wildman–Crippen MR) is 52.6 cm³/mol. The summed E-state index contributed by atoms with van der Waals surface area (Å²) in [6.07, 6.45) is 3.70. The molecule has 0 aliphatic rings. The van der Waals surface area contributed by atoms with Crippen LogP contribution >= 0.6 is 0 Å². The summed E-state index contributed by atoms with van der Waals surface area (Å²) in [5.41, 5.74) is 0.153. The zero-order chi connectivity index (χ0) is 10.6. The average Bonchev–Trinajstić information content (AvgIpc) is 2.15. The van der Waals surface area contributed by atoms with Crippen LogP contribution in [0, 0.1) is 11.7 Å². The van der Waals surface area contributed by atoms with Crippen LogP contribution in [0.2, 0.25) is 0 Å². The van der Waals surface area contributed by atoms with E-state index in [1.54, 1.807) is 0 Å². The molecule has 0 saturated heterocycles. The molecule has 0 atom stereocenters. The van der Waals surface area contributed by atoms with Gasteiger partial charge in [-0.15, -0.1) is 0 Å². The fourth-order valence-corrected chi connectivity index (χ4v) is 1.16. The minimum absolute atomic E-state index is 0.140. The van der Waals surface area contributed by atoms with E-state index in [4.69, 9.17) is 0 Å². The molecule has 14 heavy (non-hydrogen) atoms. The Balaban J connectivity index is 2.65. The van der Waals surface area contributed by atoms with Crippen LogP contribution in [0.25, 0.3) is 0 Å². The summed E-state index contributed by atoms with van der Waals surface area (Å²) in [6, 6.07) is 1.43. The van der Waals surface area contributed by atoms with Crippen molar-refractivity contribution >= 4 is 5.78 Å². The van der Waals surface area contributed by atoms with Crippen molar-refractivity contribution in [3.05, 3.63) is 29.8 Å². The number of aromatic nitrogens is 1. The highest BCUT2D eigenvalue weighted by Crippen LogP contribution is 2.12. The maximum Gasteiger partial charge on any atom is 0.165 e. The van der Waals surface area contributed by atoms with E-state index in [1.807, 2.05) is 13.8 Å². The molecule has 1 rings (SSSR count). The van der Waals surface area contributed by atoms with E-state index in [0.29, 0.717) is 12.3 Å². The van der Waals surface area contributed by atoms with Crippen molar-refractivity contribution in [1.82, 2.24) is 4.98 Å². The molecule has 1 heterocycles. The molecule has 76 valence electrons. The lowest BCUT2D eigenvalue weighted by atomic mass is 10.0. The van der Waals surface area contributed by atoms with Gasteiger partial charge in [0, 0.05) is 12.6 Å². The van der Waals surface area contributed by atoms with Gasteiger partial charge < -0.3 is 0 Å². The summed E-state index contributed by atoms with van der Waals surface area (Å²) in [4.78, 5) is 15.1. The van der Waals surface area contributed by atoms with Crippen molar-refractivity contribution < 1.29 is 9.18 Å². The van der Waals surface area contributed by atoms with Gasteiger partial charge in [0.15, 0.2) is 11.6 Å². The Labute approximate surface area is 83.2 Å². The molecule has 0 saturated carbocycles. The highest BCUT2D eigenvalue weighted by molar-refractivity contribution is 5.96. The molecule has 1 aromatic rings. The maximum absolute atomic E-state index is 13.1. The second-order valence-electron chi connectivity index (χ2n) is 3.71. The number of Topliss-reactive ketones (excluding diaryl/α,β-unsaturated/α-hetero) is 1. The molecule has 0 spiro atoms. The van der Waals surface area contributed by atoms with Crippen molar-refractivity contribution in [2.24, 2.45) is 5.92 Å². The number of rotatable bonds is 4. The van der Waals surface area contributed by atoms with Crippen LogP contribution in [0.4, 0.5) is 4.39 Å². The molecular formula is C11H14FNO. The van der Waals surface area contributed by atoms with Crippen LogP contribution < -0.4 is 0 Å². The summed E-state index contributed by atoms with van der Waals surface area (Å²) in [5, 5.41) is 0. The van der Waals surface area contributed by atoms with Crippen LogP contribution in [0.3, 0.4) is 0 Å². The number of nitrogens with zero attached hydrogens (tertiary/aromatic N) is 1. The van der Waals surface area contributed by atoms with Crippen LogP contribution in [-0.2, 0) is 0 Å². The average molecular weight is 195 g/mol. The topological polar surface area (TPSA) is 30.0 Å². The Morgan fingerprint density at radius 3 is 2.86 bits per heavy atom. The smallest absolute Gasteiger partial charge is 0.165 e. The zero-order valence-corrected chi connectivity index (χ0v) is 8.46. The summed E-state index contributed by atoms with van der Waals surface area (Å²) in [6.45, 7) is 4.08. The SMILES string of the molecule is CC(C)CCC(=O)c1ccncc1F. The first-order valence-corrected chi connectivity index (χ1v) is 4.74. The summed E-state index contributed by atoms with van der Waals surface area (Å²) in [5.74, 6) is -0.205. The molecule has 0 radical (unpaired) electrons. The number of carbonyl (C=O) groups excluding carboxylic acids is 1. The number of hydrogen-bond acceptors (Lipinski definition) is 2. The first kappa shape index (κ1) is 10.8. The van der Waals surface area contributed by atoms with Crippen molar-refractivity contribution in [2.75, 3.05) is 0 Å². The third-order valence-corrected chi connectivity index (χ3v) is 2.02. The molecule has 0 bridgehead atoms. The normalized spacial score (nSPS) is 10.6. The minimum Gasteiger partial charge on any atom is -0.294 e. The molecule has 1 aromatic heterocycles. The molecule has 0 fully saturated rings. The van der Waals surface area contributed by atoms with Gasteiger partial charge in [0.2, 0.25) is 0 Å². The standard InChI is InChI=1S/C11H14FNO/c1-8(2)3-4-11(14)9-5-6-13-7-10(9)12/h5-8H,3-4H2,1-2H3. The third kappa shape index (κ3) is 2.91. The monoisotopic (exact) mass is 195 g/mol. The van der Waals surface area contributed by atoms with Gasteiger partial charge in [-0.05, 0) is 18.4 Å². The lowest BCUT2D eigenvalue weighted by Crippen LogP contribution is -2.04. The van der Waals surface area contributed by atoms with Gasteiger partial charge in [-0.2, -0.15) is 0 Å². The number of halogens is 1. The Bertz CT molecular complexity index is 323. The zero-order valence-electron chi connectivity index (χ0n) is 8.46. The molecule has 2 nitrogen and oxygen atoms in total. The largest absolute Gasteiger partial charge is 0.294 e. The molecular weight excluding hydrogens is 181 g/mol. The van der Waals surface area contributed by atoms with Gasteiger partial charge in [-0.25, -0.2) is 4.39 Å². The molecule has 0 aromatic carbocycles. The summed E-state index contributed by atoms with van der Waals surface area (Å²) < 4.78 is 13.1.